The smallest absolute Gasteiger partial charge is 0.200 e. The first-order valence-corrected chi connectivity index (χ1v) is 6.08. The van der Waals surface area contributed by atoms with E-state index in [1.54, 1.807) is 30.3 Å². The van der Waals surface area contributed by atoms with E-state index in [2.05, 4.69) is 0 Å². The maximum atomic E-state index is 11.8. The zero-order valence-electron chi connectivity index (χ0n) is 9.40. The van der Waals surface area contributed by atoms with E-state index in [-0.39, 0.29) is 12.4 Å². The van der Waals surface area contributed by atoms with Crippen molar-refractivity contribution >= 4 is 29.0 Å². The quantitative estimate of drug-likeness (QED) is 0.783. The van der Waals surface area contributed by atoms with Gasteiger partial charge in [-0.1, -0.05) is 53.5 Å². The summed E-state index contributed by atoms with van der Waals surface area (Å²) in [6.45, 7) is -0.0258. The third-order valence-corrected chi connectivity index (χ3v) is 3.10. The van der Waals surface area contributed by atoms with Crippen molar-refractivity contribution in [2.75, 3.05) is 6.61 Å². The van der Waals surface area contributed by atoms with Crippen molar-refractivity contribution < 1.29 is 9.53 Å². The van der Waals surface area contributed by atoms with Crippen molar-refractivity contribution in [3.8, 4) is 5.75 Å². The molecule has 0 aliphatic rings. The van der Waals surface area contributed by atoms with Crippen LogP contribution in [0.15, 0.2) is 48.5 Å². The van der Waals surface area contributed by atoms with Crippen molar-refractivity contribution in [2.45, 2.75) is 0 Å². The molecule has 2 nitrogen and oxygen atoms in total. The summed E-state index contributed by atoms with van der Waals surface area (Å²) in [6, 6.07) is 13.9. The fraction of sp³-hybridized carbons (Fsp3) is 0.0714. The molecule has 4 heteroatoms. The van der Waals surface area contributed by atoms with Gasteiger partial charge in [0.25, 0.3) is 0 Å². The number of halogens is 2. The predicted octanol–water partition coefficient (Wildman–Crippen LogP) is 4.26. The molecule has 0 aromatic heterocycles. The molecule has 0 aliphatic heterocycles. The molecule has 0 N–H and O–H groups in total. The monoisotopic (exact) mass is 280 g/mol. The first kappa shape index (κ1) is 12.9. The number of carbonyl (C=O) groups excluding carboxylic acids is 1. The molecule has 2 rings (SSSR count). The van der Waals surface area contributed by atoms with Crippen molar-refractivity contribution in [3.63, 3.8) is 0 Å². The van der Waals surface area contributed by atoms with E-state index < -0.39 is 0 Å². The normalized spacial score (nSPS) is 10.1. The van der Waals surface area contributed by atoms with Gasteiger partial charge >= 0.3 is 0 Å². The maximum Gasteiger partial charge on any atom is 0.200 e. The molecular formula is C14H10Cl2O2. The Kier molecular flexibility index (Phi) is 4.24. The molecule has 0 radical (unpaired) electrons. The zero-order chi connectivity index (χ0) is 13.0. The summed E-state index contributed by atoms with van der Waals surface area (Å²) < 4.78 is 5.37. The summed E-state index contributed by atoms with van der Waals surface area (Å²) in [4.78, 5) is 11.8. The molecule has 0 aliphatic carbocycles. The van der Waals surface area contributed by atoms with Crippen LogP contribution in [0.2, 0.25) is 10.0 Å². The van der Waals surface area contributed by atoms with E-state index in [1.807, 2.05) is 18.2 Å². The molecule has 92 valence electrons. The van der Waals surface area contributed by atoms with Gasteiger partial charge in [-0.15, -0.1) is 0 Å². The highest BCUT2D eigenvalue weighted by molar-refractivity contribution is 6.42. The minimum absolute atomic E-state index is 0.0258. The molecule has 0 unspecified atom stereocenters. The van der Waals surface area contributed by atoms with Gasteiger partial charge in [0.05, 0.1) is 10.0 Å². The number of hydrogen-bond acceptors (Lipinski definition) is 2. The van der Waals surface area contributed by atoms with Gasteiger partial charge in [0.1, 0.15) is 5.75 Å². The van der Waals surface area contributed by atoms with Crippen LogP contribution in [-0.2, 0) is 0 Å². The minimum atomic E-state index is -0.0818. The standard InChI is InChI=1S/C14H10Cl2O2/c15-12-7-6-11(8-13(12)16)18-9-14(17)10-4-2-1-3-5-10/h1-8H,9H2. The fourth-order valence-corrected chi connectivity index (χ4v) is 1.71. The molecule has 0 saturated heterocycles. The highest BCUT2D eigenvalue weighted by Gasteiger charge is 2.06. The number of ketones is 1. The molecule has 2 aromatic rings. The molecule has 0 heterocycles. The van der Waals surface area contributed by atoms with Crippen LogP contribution in [0.3, 0.4) is 0 Å². The Bertz CT molecular complexity index is 553. The summed E-state index contributed by atoms with van der Waals surface area (Å²) in [5, 5.41) is 0.861. The maximum absolute atomic E-state index is 11.8. The Labute approximate surface area is 115 Å². The second-order valence-electron chi connectivity index (χ2n) is 3.65. The van der Waals surface area contributed by atoms with E-state index in [0.29, 0.717) is 21.4 Å². The summed E-state index contributed by atoms with van der Waals surface area (Å²) in [6.07, 6.45) is 0. The third kappa shape index (κ3) is 3.25. The Morgan fingerprint density at radius 3 is 2.39 bits per heavy atom. The number of rotatable bonds is 4. The van der Waals surface area contributed by atoms with Gasteiger partial charge in [-0.25, -0.2) is 0 Å². The first-order valence-electron chi connectivity index (χ1n) is 5.33. The zero-order valence-corrected chi connectivity index (χ0v) is 10.9. The van der Waals surface area contributed by atoms with Gasteiger partial charge in [-0.05, 0) is 12.1 Å². The van der Waals surface area contributed by atoms with Crippen LogP contribution in [0.5, 0.6) is 5.75 Å². The van der Waals surface area contributed by atoms with Crippen LogP contribution in [0, 0.1) is 0 Å². The second kappa shape index (κ2) is 5.89. The van der Waals surface area contributed by atoms with Gasteiger partial charge in [0.2, 0.25) is 0 Å². The summed E-state index contributed by atoms with van der Waals surface area (Å²) in [7, 11) is 0. The summed E-state index contributed by atoms with van der Waals surface area (Å²) in [5.74, 6) is 0.440. The molecule has 0 bridgehead atoms. The van der Waals surface area contributed by atoms with Crippen LogP contribution < -0.4 is 4.74 Å². The van der Waals surface area contributed by atoms with E-state index in [1.165, 1.54) is 0 Å². The number of hydrogen-bond donors (Lipinski definition) is 0. The van der Waals surface area contributed by atoms with Gasteiger partial charge < -0.3 is 4.74 Å². The van der Waals surface area contributed by atoms with Crippen LogP contribution in [0.25, 0.3) is 0 Å². The topological polar surface area (TPSA) is 26.3 Å². The molecular weight excluding hydrogens is 271 g/mol. The summed E-state index contributed by atoms with van der Waals surface area (Å²) in [5.41, 5.74) is 0.623. The second-order valence-corrected chi connectivity index (χ2v) is 4.47. The van der Waals surface area contributed by atoms with E-state index in [4.69, 9.17) is 27.9 Å². The molecule has 0 fully saturated rings. The Morgan fingerprint density at radius 2 is 1.72 bits per heavy atom. The summed E-state index contributed by atoms with van der Waals surface area (Å²) >= 11 is 11.6. The molecule has 0 amide bonds. The Hall–Kier alpha value is -1.51. The number of carbonyl (C=O) groups is 1. The lowest BCUT2D eigenvalue weighted by molar-refractivity contribution is 0.0921. The van der Waals surface area contributed by atoms with Gasteiger partial charge in [-0.2, -0.15) is 0 Å². The minimum Gasteiger partial charge on any atom is -0.485 e. The highest BCUT2D eigenvalue weighted by Crippen LogP contribution is 2.26. The number of Topliss-reactive ketones (excluding diaryl/α,β-unsaturated/α-hetero) is 1. The fourth-order valence-electron chi connectivity index (χ4n) is 1.42. The van der Waals surface area contributed by atoms with Gasteiger partial charge in [0, 0.05) is 11.6 Å². The van der Waals surface area contributed by atoms with Crippen LogP contribution in [-0.4, -0.2) is 12.4 Å². The largest absolute Gasteiger partial charge is 0.485 e. The van der Waals surface area contributed by atoms with Crippen molar-refractivity contribution in [2.24, 2.45) is 0 Å². The molecule has 2 aromatic carbocycles. The van der Waals surface area contributed by atoms with Crippen molar-refractivity contribution in [3.05, 3.63) is 64.1 Å². The van der Waals surface area contributed by atoms with E-state index in [9.17, 15) is 4.79 Å². The molecule has 0 atom stereocenters. The third-order valence-electron chi connectivity index (χ3n) is 2.36. The average Bonchev–Trinajstić information content (AvgIpc) is 2.41. The lowest BCUT2D eigenvalue weighted by Gasteiger charge is -2.06. The van der Waals surface area contributed by atoms with Gasteiger partial charge in [-0.3, -0.25) is 4.79 Å². The predicted molar refractivity (Wildman–Crippen MR) is 72.7 cm³/mol. The van der Waals surface area contributed by atoms with E-state index in [0.717, 1.165) is 0 Å². The van der Waals surface area contributed by atoms with Crippen molar-refractivity contribution in [1.82, 2.24) is 0 Å². The van der Waals surface area contributed by atoms with Crippen LogP contribution >= 0.6 is 23.2 Å². The Morgan fingerprint density at radius 1 is 1.00 bits per heavy atom. The van der Waals surface area contributed by atoms with Gasteiger partial charge in [0.15, 0.2) is 12.4 Å². The lowest BCUT2D eigenvalue weighted by Crippen LogP contribution is -2.11. The average molecular weight is 281 g/mol. The molecule has 18 heavy (non-hydrogen) atoms. The number of benzene rings is 2. The van der Waals surface area contributed by atoms with E-state index >= 15 is 0 Å². The van der Waals surface area contributed by atoms with Crippen molar-refractivity contribution in [1.29, 1.82) is 0 Å². The highest BCUT2D eigenvalue weighted by atomic mass is 35.5. The first-order chi connectivity index (χ1) is 8.66. The SMILES string of the molecule is O=C(COc1ccc(Cl)c(Cl)c1)c1ccccc1. The van der Waals surface area contributed by atoms with Crippen LogP contribution in [0.1, 0.15) is 10.4 Å². The molecule has 0 spiro atoms. The van der Waals surface area contributed by atoms with Crippen LogP contribution in [0.4, 0.5) is 0 Å². The lowest BCUT2D eigenvalue weighted by atomic mass is 10.1. The Balaban J connectivity index is 1.99. The number of ether oxygens (including phenoxy) is 1. The molecule has 0 saturated carbocycles.